The first kappa shape index (κ1) is 9.41. The molecule has 0 fully saturated rings. The molecule has 0 radical (unpaired) electrons. The molecule has 1 aromatic heterocycles. The minimum absolute atomic E-state index is 0. The second-order valence-electron chi connectivity index (χ2n) is 2.58. The number of halogens is 3. The van der Waals surface area contributed by atoms with E-state index in [2.05, 4.69) is 15.5 Å². The molecule has 12 heavy (non-hydrogen) atoms. The SMILES string of the molecule is Cl.FC1(F)CNCc2cn[nH]c21. The van der Waals surface area contributed by atoms with Crippen molar-refractivity contribution < 1.29 is 8.78 Å². The molecule has 1 aliphatic rings. The van der Waals surface area contributed by atoms with E-state index in [1.54, 1.807) is 0 Å². The second-order valence-corrected chi connectivity index (χ2v) is 2.58. The van der Waals surface area contributed by atoms with Crippen LogP contribution in [-0.2, 0) is 12.5 Å². The fourth-order valence-electron chi connectivity index (χ4n) is 1.20. The average molecular weight is 196 g/mol. The summed E-state index contributed by atoms with van der Waals surface area (Å²) in [5.74, 6) is -2.79. The van der Waals surface area contributed by atoms with Crippen molar-refractivity contribution in [2.75, 3.05) is 6.54 Å². The number of nitrogens with one attached hydrogen (secondary N) is 2. The van der Waals surface area contributed by atoms with Gasteiger partial charge in [0.1, 0.15) is 5.69 Å². The lowest BCUT2D eigenvalue weighted by Crippen LogP contribution is -2.36. The van der Waals surface area contributed by atoms with Crippen LogP contribution in [0, 0.1) is 0 Å². The third kappa shape index (κ3) is 1.30. The largest absolute Gasteiger partial charge is 0.307 e. The molecule has 0 saturated carbocycles. The quantitative estimate of drug-likeness (QED) is 0.649. The van der Waals surface area contributed by atoms with Gasteiger partial charge in [-0.3, -0.25) is 5.10 Å². The van der Waals surface area contributed by atoms with Gasteiger partial charge in [-0.2, -0.15) is 13.9 Å². The molecule has 0 spiro atoms. The minimum Gasteiger partial charge on any atom is -0.307 e. The standard InChI is InChI=1S/C6H7F2N3.ClH/c7-6(8)3-9-1-4-2-10-11-5(4)6;/h2,9H,1,3H2,(H,10,11);1H. The number of hydrogen-bond acceptors (Lipinski definition) is 2. The molecule has 0 aliphatic carbocycles. The Hall–Kier alpha value is -0.680. The lowest BCUT2D eigenvalue weighted by Gasteiger charge is -2.21. The van der Waals surface area contributed by atoms with E-state index >= 15 is 0 Å². The highest BCUT2D eigenvalue weighted by Crippen LogP contribution is 2.30. The fourth-order valence-corrected chi connectivity index (χ4v) is 1.20. The number of alkyl halides is 2. The highest BCUT2D eigenvalue weighted by Gasteiger charge is 2.38. The molecule has 68 valence electrons. The molecule has 1 aromatic rings. The zero-order valence-electron chi connectivity index (χ0n) is 6.10. The van der Waals surface area contributed by atoms with Gasteiger partial charge in [0.15, 0.2) is 0 Å². The van der Waals surface area contributed by atoms with E-state index in [0.717, 1.165) is 0 Å². The fraction of sp³-hybridized carbons (Fsp3) is 0.500. The van der Waals surface area contributed by atoms with E-state index in [4.69, 9.17) is 0 Å². The normalized spacial score (nSPS) is 19.5. The maximum absolute atomic E-state index is 12.9. The lowest BCUT2D eigenvalue weighted by molar-refractivity contribution is -0.0151. The predicted octanol–water partition coefficient (Wildman–Crippen LogP) is 1.03. The molecule has 0 amide bonds. The van der Waals surface area contributed by atoms with E-state index in [9.17, 15) is 8.78 Å². The molecule has 6 heteroatoms. The summed E-state index contributed by atoms with van der Waals surface area (Å²) in [5.41, 5.74) is 0.512. The van der Waals surface area contributed by atoms with Crippen LogP contribution in [0.4, 0.5) is 8.78 Å². The van der Waals surface area contributed by atoms with Crippen molar-refractivity contribution >= 4 is 12.4 Å². The third-order valence-electron chi connectivity index (χ3n) is 1.75. The molecule has 2 heterocycles. The molecule has 1 aliphatic heterocycles. The Morgan fingerprint density at radius 3 is 2.92 bits per heavy atom. The molecule has 2 rings (SSSR count). The van der Waals surface area contributed by atoms with Gasteiger partial charge < -0.3 is 5.32 Å². The number of nitrogens with zero attached hydrogens (tertiary/aromatic N) is 1. The maximum atomic E-state index is 12.9. The number of hydrogen-bond donors (Lipinski definition) is 2. The van der Waals surface area contributed by atoms with Crippen LogP contribution in [-0.4, -0.2) is 16.7 Å². The van der Waals surface area contributed by atoms with Crippen molar-refractivity contribution in [3.63, 3.8) is 0 Å². The Labute approximate surface area is 74.0 Å². The van der Waals surface area contributed by atoms with Gasteiger partial charge >= 0.3 is 5.92 Å². The first-order valence-corrected chi connectivity index (χ1v) is 3.31. The van der Waals surface area contributed by atoms with Crippen LogP contribution in [0.2, 0.25) is 0 Å². The summed E-state index contributed by atoms with van der Waals surface area (Å²) in [6.07, 6.45) is 1.43. The highest BCUT2D eigenvalue weighted by atomic mass is 35.5. The van der Waals surface area contributed by atoms with Crippen molar-refractivity contribution in [2.45, 2.75) is 12.5 Å². The smallest absolute Gasteiger partial charge is 0.301 e. The van der Waals surface area contributed by atoms with Gasteiger partial charge in [0, 0.05) is 12.1 Å². The van der Waals surface area contributed by atoms with Crippen LogP contribution in [0.3, 0.4) is 0 Å². The summed E-state index contributed by atoms with van der Waals surface area (Å²) in [7, 11) is 0. The van der Waals surface area contributed by atoms with Crippen LogP contribution in [0.15, 0.2) is 6.20 Å². The summed E-state index contributed by atoms with van der Waals surface area (Å²) in [4.78, 5) is 0. The molecule has 3 nitrogen and oxygen atoms in total. The van der Waals surface area contributed by atoms with Gasteiger partial charge in [0.25, 0.3) is 0 Å². The molecule has 0 aromatic carbocycles. The Morgan fingerprint density at radius 2 is 2.25 bits per heavy atom. The lowest BCUT2D eigenvalue weighted by atomic mass is 10.1. The molecule has 0 unspecified atom stereocenters. The monoisotopic (exact) mass is 195 g/mol. The topological polar surface area (TPSA) is 40.7 Å². The summed E-state index contributed by atoms with van der Waals surface area (Å²) >= 11 is 0. The molecule has 0 atom stereocenters. The van der Waals surface area contributed by atoms with Crippen molar-refractivity contribution in [1.82, 2.24) is 15.5 Å². The number of H-pyrrole nitrogens is 1. The first-order chi connectivity index (χ1) is 5.20. The Balaban J connectivity index is 0.000000720. The summed E-state index contributed by atoms with van der Waals surface area (Å²) < 4.78 is 25.8. The van der Waals surface area contributed by atoms with Gasteiger partial charge in [-0.05, 0) is 0 Å². The molecular formula is C6H8ClF2N3. The van der Waals surface area contributed by atoms with Crippen molar-refractivity contribution in [3.05, 3.63) is 17.5 Å². The Kier molecular flexibility index (Phi) is 2.34. The molecule has 0 saturated heterocycles. The summed E-state index contributed by atoms with van der Waals surface area (Å²) in [5, 5.41) is 8.47. The van der Waals surface area contributed by atoms with Crippen LogP contribution in [0.1, 0.15) is 11.3 Å². The Bertz CT molecular complexity index is 274. The zero-order chi connectivity index (χ0) is 7.90. The van der Waals surface area contributed by atoms with E-state index in [1.165, 1.54) is 6.20 Å². The van der Waals surface area contributed by atoms with Crippen LogP contribution in [0.25, 0.3) is 0 Å². The molecule has 2 N–H and O–H groups in total. The van der Waals surface area contributed by atoms with Crippen LogP contribution >= 0.6 is 12.4 Å². The van der Waals surface area contributed by atoms with E-state index < -0.39 is 5.92 Å². The Morgan fingerprint density at radius 1 is 1.50 bits per heavy atom. The van der Waals surface area contributed by atoms with Gasteiger partial charge in [0.2, 0.25) is 0 Å². The van der Waals surface area contributed by atoms with Crippen LogP contribution < -0.4 is 5.32 Å². The zero-order valence-corrected chi connectivity index (χ0v) is 6.92. The average Bonchev–Trinajstić information content (AvgIpc) is 2.34. The number of fused-ring (bicyclic) bond motifs is 1. The van der Waals surface area contributed by atoms with Crippen molar-refractivity contribution in [1.29, 1.82) is 0 Å². The van der Waals surface area contributed by atoms with Gasteiger partial charge in [0.05, 0.1) is 12.7 Å². The molecule has 0 bridgehead atoms. The predicted molar refractivity (Wildman–Crippen MR) is 41.4 cm³/mol. The first-order valence-electron chi connectivity index (χ1n) is 3.31. The van der Waals surface area contributed by atoms with Gasteiger partial charge in [-0.25, -0.2) is 0 Å². The van der Waals surface area contributed by atoms with Crippen LogP contribution in [0.5, 0.6) is 0 Å². The minimum atomic E-state index is -2.79. The summed E-state index contributed by atoms with van der Waals surface area (Å²) in [6, 6.07) is 0. The molecular weight excluding hydrogens is 188 g/mol. The summed E-state index contributed by atoms with van der Waals surface area (Å²) in [6.45, 7) is 0.170. The van der Waals surface area contributed by atoms with E-state index in [0.29, 0.717) is 12.1 Å². The number of aromatic amines is 1. The van der Waals surface area contributed by atoms with Gasteiger partial charge in [-0.15, -0.1) is 12.4 Å². The highest BCUT2D eigenvalue weighted by molar-refractivity contribution is 5.85. The van der Waals surface area contributed by atoms with Gasteiger partial charge in [-0.1, -0.05) is 0 Å². The maximum Gasteiger partial charge on any atom is 0.301 e. The van der Waals surface area contributed by atoms with Crippen molar-refractivity contribution in [2.24, 2.45) is 0 Å². The number of rotatable bonds is 0. The van der Waals surface area contributed by atoms with E-state index in [-0.39, 0.29) is 24.6 Å². The van der Waals surface area contributed by atoms with Crippen molar-refractivity contribution in [3.8, 4) is 0 Å². The third-order valence-corrected chi connectivity index (χ3v) is 1.75. The second kappa shape index (κ2) is 2.99. The number of aromatic nitrogens is 2. The van der Waals surface area contributed by atoms with E-state index in [1.807, 2.05) is 0 Å².